The summed E-state index contributed by atoms with van der Waals surface area (Å²) in [4.78, 5) is 39.8. The molecule has 1 saturated heterocycles. The molecule has 2 aromatic rings. The fraction of sp³-hybridized carbons (Fsp3) is 0.643. The molecule has 0 aliphatic carbocycles. The minimum Gasteiger partial charge on any atom is -0.467 e. The van der Waals surface area contributed by atoms with Crippen molar-refractivity contribution in [2.75, 3.05) is 25.0 Å². The molecule has 2 amide bonds. The zero-order chi connectivity index (χ0) is 27.4. The Bertz CT molecular complexity index is 1050. The highest BCUT2D eigenvalue weighted by Crippen LogP contribution is 2.26. The van der Waals surface area contributed by atoms with Gasteiger partial charge >= 0.3 is 6.09 Å². The molecule has 1 fully saturated rings. The number of carbonyl (C=O) groups excluding carboxylic acids is 2. The minimum absolute atomic E-state index is 0.128. The number of nitrogens with one attached hydrogen (secondary N) is 1. The standard InChI is InChI=1S/C28H43N5O4/c1-19(2)17-33(20-11-9-13-32(18-20)26(35)37-28(6,7)8)24(34)22-16-30-25(27(3,4)5)31-23(22)29-15-21-12-10-14-36-21/h10,12,14,16,19-20H,9,11,13,15,17-18H2,1-8H3,(H,29,30,31)/t20-/m1/s1. The molecule has 9 heteroatoms. The van der Waals surface area contributed by atoms with Crippen LogP contribution in [0, 0.1) is 5.92 Å². The van der Waals surface area contributed by atoms with Gasteiger partial charge in [0.15, 0.2) is 0 Å². The van der Waals surface area contributed by atoms with Crippen molar-refractivity contribution in [1.82, 2.24) is 19.8 Å². The Kier molecular flexibility index (Phi) is 8.87. The second-order valence-corrected chi connectivity index (χ2v) is 12.2. The summed E-state index contributed by atoms with van der Waals surface area (Å²) in [6.07, 6.45) is 4.52. The van der Waals surface area contributed by atoms with Gasteiger partial charge in [-0.1, -0.05) is 34.6 Å². The van der Waals surface area contributed by atoms with E-state index in [-0.39, 0.29) is 29.4 Å². The average Bonchev–Trinajstić information content (AvgIpc) is 3.32. The maximum absolute atomic E-state index is 14.1. The van der Waals surface area contributed by atoms with E-state index in [1.54, 1.807) is 17.4 Å². The molecule has 0 aromatic carbocycles. The van der Waals surface area contributed by atoms with Gasteiger partial charge in [-0.25, -0.2) is 14.8 Å². The van der Waals surface area contributed by atoms with Crippen molar-refractivity contribution in [2.24, 2.45) is 5.92 Å². The first-order chi connectivity index (χ1) is 17.2. The second kappa shape index (κ2) is 11.5. The molecule has 0 spiro atoms. The van der Waals surface area contributed by atoms with Gasteiger partial charge in [-0.2, -0.15) is 0 Å². The Morgan fingerprint density at radius 1 is 1.24 bits per heavy atom. The maximum Gasteiger partial charge on any atom is 0.410 e. The van der Waals surface area contributed by atoms with Crippen LogP contribution < -0.4 is 5.32 Å². The van der Waals surface area contributed by atoms with E-state index >= 15 is 0 Å². The summed E-state index contributed by atoms with van der Waals surface area (Å²) in [6, 6.07) is 3.57. The van der Waals surface area contributed by atoms with E-state index < -0.39 is 5.60 Å². The summed E-state index contributed by atoms with van der Waals surface area (Å²) < 4.78 is 11.1. The number of piperidine rings is 1. The van der Waals surface area contributed by atoms with E-state index in [4.69, 9.17) is 14.1 Å². The van der Waals surface area contributed by atoms with E-state index in [2.05, 4.69) is 24.1 Å². The van der Waals surface area contributed by atoms with Crippen molar-refractivity contribution >= 4 is 17.8 Å². The van der Waals surface area contributed by atoms with E-state index in [0.29, 0.717) is 43.4 Å². The number of furan rings is 1. The Labute approximate surface area is 221 Å². The van der Waals surface area contributed by atoms with Crippen molar-refractivity contribution in [1.29, 1.82) is 0 Å². The van der Waals surface area contributed by atoms with Crippen LogP contribution in [0.5, 0.6) is 0 Å². The van der Waals surface area contributed by atoms with Gasteiger partial charge in [-0.3, -0.25) is 4.79 Å². The molecule has 37 heavy (non-hydrogen) atoms. The molecule has 0 unspecified atom stereocenters. The van der Waals surface area contributed by atoms with Crippen LogP contribution in [0.3, 0.4) is 0 Å². The van der Waals surface area contributed by atoms with Gasteiger partial charge in [-0.05, 0) is 51.7 Å². The largest absolute Gasteiger partial charge is 0.467 e. The first-order valence-corrected chi connectivity index (χ1v) is 13.2. The number of amides is 2. The third-order valence-electron chi connectivity index (χ3n) is 6.01. The van der Waals surface area contributed by atoms with Crippen LogP contribution in [0.2, 0.25) is 0 Å². The Balaban J connectivity index is 1.90. The molecular weight excluding hydrogens is 470 g/mol. The monoisotopic (exact) mass is 513 g/mol. The Morgan fingerprint density at radius 2 is 1.97 bits per heavy atom. The van der Waals surface area contributed by atoms with Crippen LogP contribution in [0.15, 0.2) is 29.0 Å². The average molecular weight is 514 g/mol. The number of anilines is 1. The summed E-state index contributed by atoms with van der Waals surface area (Å²) in [5.74, 6) is 1.97. The van der Waals surface area contributed by atoms with Crippen molar-refractivity contribution in [3.63, 3.8) is 0 Å². The SMILES string of the molecule is CC(C)CN(C(=O)c1cnc(C(C)(C)C)nc1NCc1ccco1)[C@@H]1CCCN(C(=O)OC(C)(C)C)C1. The van der Waals surface area contributed by atoms with Gasteiger partial charge in [0.1, 0.15) is 28.6 Å². The topological polar surface area (TPSA) is 101 Å². The maximum atomic E-state index is 14.1. The molecule has 9 nitrogen and oxygen atoms in total. The number of likely N-dealkylation sites (tertiary alicyclic amines) is 1. The van der Waals surface area contributed by atoms with Crippen molar-refractivity contribution in [3.8, 4) is 0 Å². The lowest BCUT2D eigenvalue weighted by atomic mass is 9.95. The Hall–Kier alpha value is -3.10. The van der Waals surface area contributed by atoms with Crippen LogP contribution in [0.1, 0.15) is 90.2 Å². The van der Waals surface area contributed by atoms with Crippen molar-refractivity contribution in [3.05, 3.63) is 41.7 Å². The second-order valence-electron chi connectivity index (χ2n) is 12.2. The zero-order valence-corrected chi connectivity index (χ0v) is 23.6. The molecule has 0 saturated carbocycles. The van der Waals surface area contributed by atoms with Crippen LogP contribution in [0.25, 0.3) is 0 Å². The molecule has 1 aliphatic heterocycles. The van der Waals surface area contributed by atoms with Gasteiger partial charge in [0.2, 0.25) is 0 Å². The summed E-state index contributed by atoms with van der Waals surface area (Å²) in [6.45, 7) is 17.9. The van der Waals surface area contributed by atoms with Crippen LogP contribution in [-0.4, -0.2) is 63.0 Å². The van der Waals surface area contributed by atoms with E-state index in [0.717, 1.165) is 18.6 Å². The molecule has 2 aromatic heterocycles. The highest BCUT2D eigenvalue weighted by Gasteiger charge is 2.34. The Morgan fingerprint density at radius 3 is 2.57 bits per heavy atom. The lowest BCUT2D eigenvalue weighted by molar-refractivity contribution is 0.00946. The van der Waals surface area contributed by atoms with E-state index in [1.807, 2.05) is 58.6 Å². The molecule has 1 N–H and O–H groups in total. The summed E-state index contributed by atoms with van der Waals surface area (Å²) in [5.41, 5.74) is -0.440. The number of carbonyl (C=O) groups is 2. The third-order valence-corrected chi connectivity index (χ3v) is 6.01. The predicted molar refractivity (Wildman–Crippen MR) is 143 cm³/mol. The fourth-order valence-electron chi connectivity index (χ4n) is 4.27. The number of nitrogens with zero attached hydrogens (tertiary/aromatic N) is 4. The highest BCUT2D eigenvalue weighted by molar-refractivity contribution is 5.98. The molecule has 3 rings (SSSR count). The normalized spacial score (nSPS) is 16.6. The first-order valence-electron chi connectivity index (χ1n) is 13.2. The lowest BCUT2D eigenvalue weighted by Crippen LogP contribution is -2.53. The van der Waals surface area contributed by atoms with Crippen molar-refractivity contribution < 1.29 is 18.7 Å². The van der Waals surface area contributed by atoms with Crippen LogP contribution >= 0.6 is 0 Å². The number of hydrogen-bond donors (Lipinski definition) is 1. The van der Waals surface area contributed by atoms with Gasteiger partial charge in [0, 0.05) is 37.3 Å². The minimum atomic E-state index is -0.571. The molecule has 0 bridgehead atoms. The highest BCUT2D eigenvalue weighted by atomic mass is 16.6. The molecular formula is C28H43N5O4. The van der Waals surface area contributed by atoms with Crippen LogP contribution in [-0.2, 0) is 16.7 Å². The predicted octanol–water partition coefficient (Wildman–Crippen LogP) is 5.48. The zero-order valence-electron chi connectivity index (χ0n) is 23.6. The van der Waals surface area contributed by atoms with Gasteiger partial charge in [-0.15, -0.1) is 0 Å². The fourth-order valence-corrected chi connectivity index (χ4v) is 4.27. The number of ether oxygens (including phenoxy) is 1. The quantitative estimate of drug-likeness (QED) is 0.523. The third kappa shape index (κ3) is 7.94. The van der Waals surface area contributed by atoms with Crippen molar-refractivity contribution in [2.45, 2.75) is 91.8 Å². The van der Waals surface area contributed by atoms with Gasteiger partial charge in [0.25, 0.3) is 5.91 Å². The molecule has 1 aliphatic rings. The van der Waals surface area contributed by atoms with E-state index in [1.165, 1.54) is 0 Å². The molecule has 1 atom stereocenters. The van der Waals surface area contributed by atoms with Crippen LogP contribution in [0.4, 0.5) is 10.6 Å². The first kappa shape index (κ1) is 28.5. The van der Waals surface area contributed by atoms with Gasteiger partial charge < -0.3 is 24.3 Å². The number of aromatic nitrogens is 2. The summed E-state index contributed by atoms with van der Waals surface area (Å²) in [7, 11) is 0. The smallest absolute Gasteiger partial charge is 0.410 e. The summed E-state index contributed by atoms with van der Waals surface area (Å²) in [5, 5.41) is 3.30. The van der Waals surface area contributed by atoms with Gasteiger partial charge in [0.05, 0.1) is 12.8 Å². The number of rotatable bonds is 7. The molecule has 204 valence electrons. The lowest BCUT2D eigenvalue weighted by Gasteiger charge is -2.40. The number of hydrogen-bond acceptors (Lipinski definition) is 7. The van der Waals surface area contributed by atoms with E-state index in [9.17, 15) is 9.59 Å². The molecule has 0 radical (unpaired) electrons. The molecule has 3 heterocycles. The summed E-state index contributed by atoms with van der Waals surface area (Å²) >= 11 is 0.